The number of hydrogen-bond donors (Lipinski definition) is 2. The van der Waals surface area contributed by atoms with Crippen LogP contribution in [0, 0.1) is 11.8 Å². The van der Waals surface area contributed by atoms with Crippen LogP contribution in [-0.2, 0) is 11.2 Å². The maximum Gasteiger partial charge on any atom is 0.239 e. The maximum absolute atomic E-state index is 12.0. The average Bonchev–Trinajstić information content (AvgIpc) is 3.20. The zero-order valence-corrected chi connectivity index (χ0v) is 15.2. The first-order valence-electron chi connectivity index (χ1n) is 8.50. The largest absolute Gasteiger partial charge is 0.376 e. The zero-order valence-electron chi connectivity index (χ0n) is 14.4. The summed E-state index contributed by atoms with van der Waals surface area (Å²) in [6, 6.07) is 21.9. The number of carbonyl (C=O) groups excluding carboxylic acids is 1. The number of rotatable bonds is 6. The van der Waals surface area contributed by atoms with E-state index in [1.807, 2.05) is 60.0 Å². The van der Waals surface area contributed by atoms with Gasteiger partial charge in [-0.1, -0.05) is 54.3 Å². The van der Waals surface area contributed by atoms with Crippen molar-refractivity contribution in [3.8, 4) is 11.8 Å². The minimum Gasteiger partial charge on any atom is -0.376 e. The fourth-order valence-corrected chi connectivity index (χ4v) is 3.00. The van der Waals surface area contributed by atoms with E-state index in [1.54, 1.807) is 11.3 Å². The fraction of sp³-hybridized carbons (Fsp3) is 0.136. The number of anilines is 1. The molecule has 4 heteroatoms. The molecule has 0 radical (unpaired) electrons. The summed E-state index contributed by atoms with van der Waals surface area (Å²) in [5, 5.41) is 8.09. The van der Waals surface area contributed by atoms with Crippen molar-refractivity contribution in [2.45, 2.75) is 6.42 Å². The van der Waals surface area contributed by atoms with E-state index in [0.717, 1.165) is 22.5 Å². The highest BCUT2D eigenvalue weighted by molar-refractivity contribution is 7.10. The molecule has 0 aliphatic carbocycles. The molecule has 0 spiro atoms. The molecule has 0 fully saturated rings. The van der Waals surface area contributed by atoms with Crippen LogP contribution >= 0.6 is 11.3 Å². The monoisotopic (exact) mass is 360 g/mol. The first kappa shape index (κ1) is 17.8. The average molecular weight is 360 g/mol. The number of nitrogens with one attached hydrogen (secondary N) is 2. The first-order valence-corrected chi connectivity index (χ1v) is 9.38. The highest BCUT2D eigenvalue weighted by atomic mass is 32.1. The predicted octanol–water partition coefficient (Wildman–Crippen LogP) is 3.92. The van der Waals surface area contributed by atoms with Gasteiger partial charge in [0.05, 0.1) is 11.4 Å². The van der Waals surface area contributed by atoms with E-state index >= 15 is 0 Å². The smallest absolute Gasteiger partial charge is 0.239 e. The van der Waals surface area contributed by atoms with Gasteiger partial charge in [-0.15, -0.1) is 11.3 Å². The third kappa shape index (κ3) is 5.80. The molecule has 0 aliphatic rings. The Morgan fingerprint density at radius 1 is 0.962 bits per heavy atom. The lowest BCUT2D eigenvalue weighted by Crippen LogP contribution is -2.31. The number of hydrogen-bond acceptors (Lipinski definition) is 3. The highest BCUT2D eigenvalue weighted by Gasteiger charge is 2.01. The molecule has 0 saturated heterocycles. The zero-order chi connectivity index (χ0) is 18.0. The third-order valence-electron chi connectivity index (χ3n) is 3.75. The topological polar surface area (TPSA) is 41.1 Å². The summed E-state index contributed by atoms with van der Waals surface area (Å²) in [4.78, 5) is 13.0. The SMILES string of the molecule is O=C(CNc1cccc(C#Cc2cccs2)c1)NCCc1ccccc1. The molecular weight excluding hydrogens is 340 g/mol. The van der Waals surface area contributed by atoms with E-state index in [2.05, 4.69) is 34.6 Å². The second-order valence-corrected chi connectivity index (χ2v) is 6.69. The van der Waals surface area contributed by atoms with Gasteiger partial charge in [-0.2, -0.15) is 0 Å². The highest BCUT2D eigenvalue weighted by Crippen LogP contribution is 2.11. The number of carbonyl (C=O) groups is 1. The van der Waals surface area contributed by atoms with Crippen molar-refractivity contribution in [1.82, 2.24) is 5.32 Å². The molecule has 3 nitrogen and oxygen atoms in total. The molecule has 26 heavy (non-hydrogen) atoms. The van der Waals surface area contributed by atoms with Crippen LogP contribution in [0.25, 0.3) is 0 Å². The standard InChI is InChI=1S/C22H20N2OS/c25-22(23-14-13-18-6-2-1-3-7-18)17-24-20-9-4-8-19(16-20)11-12-21-10-5-15-26-21/h1-10,15-16,24H,13-14,17H2,(H,23,25). The number of benzene rings is 2. The Balaban J connectivity index is 1.45. The van der Waals surface area contributed by atoms with Gasteiger partial charge in [0.25, 0.3) is 0 Å². The van der Waals surface area contributed by atoms with Crippen LogP contribution in [0.15, 0.2) is 72.1 Å². The summed E-state index contributed by atoms with van der Waals surface area (Å²) in [5.74, 6) is 6.27. The van der Waals surface area contributed by atoms with E-state index in [0.29, 0.717) is 6.54 Å². The lowest BCUT2D eigenvalue weighted by atomic mass is 10.1. The minimum absolute atomic E-state index is 0.0176. The lowest BCUT2D eigenvalue weighted by molar-refractivity contribution is -0.119. The quantitative estimate of drug-likeness (QED) is 0.654. The van der Waals surface area contributed by atoms with Gasteiger partial charge in [-0.3, -0.25) is 4.79 Å². The first-order chi connectivity index (χ1) is 12.8. The van der Waals surface area contributed by atoms with Gasteiger partial charge >= 0.3 is 0 Å². The normalized spacial score (nSPS) is 9.85. The number of amides is 1. The lowest BCUT2D eigenvalue weighted by Gasteiger charge is -2.08. The van der Waals surface area contributed by atoms with Crippen molar-refractivity contribution in [3.05, 3.63) is 88.1 Å². The van der Waals surface area contributed by atoms with E-state index in [-0.39, 0.29) is 12.5 Å². The van der Waals surface area contributed by atoms with Crippen molar-refractivity contribution in [2.24, 2.45) is 0 Å². The Morgan fingerprint density at radius 3 is 2.65 bits per heavy atom. The summed E-state index contributed by atoms with van der Waals surface area (Å²) < 4.78 is 0. The van der Waals surface area contributed by atoms with Crippen LogP contribution in [0.3, 0.4) is 0 Å². The van der Waals surface area contributed by atoms with Gasteiger partial charge in [0, 0.05) is 17.8 Å². The minimum atomic E-state index is -0.0176. The molecule has 3 aromatic rings. The van der Waals surface area contributed by atoms with Crippen molar-refractivity contribution < 1.29 is 4.79 Å². The van der Waals surface area contributed by atoms with Crippen LogP contribution in [0.1, 0.15) is 16.0 Å². The summed E-state index contributed by atoms with van der Waals surface area (Å²) in [6.07, 6.45) is 0.834. The van der Waals surface area contributed by atoms with E-state index in [4.69, 9.17) is 0 Å². The Hall–Kier alpha value is -3.03. The second kappa shape index (κ2) is 9.45. The molecule has 130 valence electrons. The van der Waals surface area contributed by atoms with Crippen LogP contribution in [-0.4, -0.2) is 19.0 Å². The van der Waals surface area contributed by atoms with Gasteiger partial charge in [0.1, 0.15) is 0 Å². The van der Waals surface area contributed by atoms with E-state index < -0.39 is 0 Å². The summed E-state index contributed by atoms with van der Waals surface area (Å²) in [5.41, 5.74) is 3.03. The van der Waals surface area contributed by atoms with Crippen molar-refractivity contribution in [1.29, 1.82) is 0 Å². The van der Waals surface area contributed by atoms with Crippen molar-refractivity contribution in [3.63, 3.8) is 0 Å². The Bertz CT molecular complexity index is 893. The fourth-order valence-electron chi connectivity index (χ4n) is 2.43. The molecule has 2 aromatic carbocycles. The van der Waals surface area contributed by atoms with Crippen molar-refractivity contribution in [2.75, 3.05) is 18.4 Å². The second-order valence-electron chi connectivity index (χ2n) is 5.75. The van der Waals surface area contributed by atoms with Crippen LogP contribution in [0.4, 0.5) is 5.69 Å². The summed E-state index contributed by atoms with van der Waals surface area (Å²) >= 11 is 1.62. The molecule has 0 unspecified atom stereocenters. The molecule has 1 amide bonds. The Kier molecular flexibility index (Phi) is 6.46. The van der Waals surface area contributed by atoms with Gasteiger partial charge < -0.3 is 10.6 Å². The molecule has 0 saturated carbocycles. The molecule has 0 atom stereocenters. The molecule has 3 rings (SSSR count). The summed E-state index contributed by atoms with van der Waals surface area (Å²) in [6.45, 7) is 0.882. The molecule has 2 N–H and O–H groups in total. The molecule has 0 bridgehead atoms. The van der Waals surface area contributed by atoms with E-state index in [9.17, 15) is 4.79 Å². The third-order valence-corrected chi connectivity index (χ3v) is 4.53. The van der Waals surface area contributed by atoms with Gasteiger partial charge in [0.2, 0.25) is 5.91 Å². The number of thiophene rings is 1. The van der Waals surface area contributed by atoms with Crippen LogP contribution in [0.2, 0.25) is 0 Å². The maximum atomic E-state index is 12.0. The predicted molar refractivity (Wildman–Crippen MR) is 108 cm³/mol. The summed E-state index contributed by atoms with van der Waals surface area (Å²) in [7, 11) is 0. The molecule has 0 aliphatic heterocycles. The molecule has 1 aromatic heterocycles. The van der Waals surface area contributed by atoms with Gasteiger partial charge in [-0.25, -0.2) is 0 Å². The Morgan fingerprint density at radius 2 is 1.85 bits per heavy atom. The van der Waals surface area contributed by atoms with Gasteiger partial charge in [-0.05, 0) is 41.6 Å². The molecule has 1 heterocycles. The van der Waals surface area contributed by atoms with Crippen molar-refractivity contribution >= 4 is 22.9 Å². The molecular formula is C22H20N2OS. The Labute approximate surface area is 158 Å². The van der Waals surface area contributed by atoms with Gasteiger partial charge in [0.15, 0.2) is 0 Å². The van der Waals surface area contributed by atoms with Crippen LogP contribution in [0.5, 0.6) is 0 Å². The van der Waals surface area contributed by atoms with E-state index in [1.165, 1.54) is 5.56 Å². The van der Waals surface area contributed by atoms with Crippen LogP contribution < -0.4 is 10.6 Å².